The van der Waals surface area contributed by atoms with Gasteiger partial charge in [-0.3, -0.25) is 0 Å². The van der Waals surface area contributed by atoms with E-state index in [4.69, 9.17) is 29.4 Å². The molecule has 3 fully saturated rings. The van der Waals surface area contributed by atoms with E-state index in [0.29, 0.717) is 23.4 Å². The number of nitrogens with zero attached hydrogens (tertiary/aromatic N) is 4. The van der Waals surface area contributed by atoms with Gasteiger partial charge in [0.05, 0.1) is 12.3 Å². The van der Waals surface area contributed by atoms with Crippen molar-refractivity contribution in [3.63, 3.8) is 0 Å². The Kier molecular flexibility index (Phi) is 4.50. The van der Waals surface area contributed by atoms with Gasteiger partial charge in [0.25, 0.3) is 0 Å². The minimum Gasteiger partial charge on any atom is -0.434 e. The van der Waals surface area contributed by atoms with Gasteiger partial charge in [-0.15, -0.1) is 0 Å². The fourth-order valence-corrected chi connectivity index (χ4v) is 4.80. The third kappa shape index (κ3) is 3.08. The van der Waals surface area contributed by atoms with Crippen LogP contribution in [-0.2, 0) is 23.7 Å². The van der Waals surface area contributed by atoms with E-state index in [1.165, 1.54) is 6.33 Å². The molecule has 11 nitrogen and oxygen atoms in total. The number of nitriles is 1. The number of hydrogen-bond donors (Lipinski definition) is 1. The monoisotopic (exact) mass is 457 g/mol. The molecule has 33 heavy (non-hydrogen) atoms. The minimum atomic E-state index is -1.54. The van der Waals surface area contributed by atoms with Crippen LogP contribution in [0.25, 0.3) is 5.52 Å². The maximum atomic E-state index is 12.4. The van der Waals surface area contributed by atoms with Crippen molar-refractivity contribution >= 4 is 17.5 Å². The summed E-state index contributed by atoms with van der Waals surface area (Å²) in [5.41, 5.74) is 4.36. The van der Waals surface area contributed by atoms with Gasteiger partial charge in [0.1, 0.15) is 30.1 Å². The minimum absolute atomic E-state index is 0.00369. The molecular formula is C22H27N5O6. The number of fused-ring (bicyclic) bond motifs is 1. The Morgan fingerprint density at radius 2 is 2.09 bits per heavy atom. The molecule has 3 aliphatic rings. The molecule has 2 aromatic rings. The Labute approximate surface area is 190 Å². The zero-order valence-electron chi connectivity index (χ0n) is 19.2. The summed E-state index contributed by atoms with van der Waals surface area (Å²) in [4.78, 5) is 16.4. The van der Waals surface area contributed by atoms with Gasteiger partial charge in [-0.2, -0.15) is 10.4 Å². The number of nitrogens with two attached hydrogens (primary N) is 1. The van der Waals surface area contributed by atoms with E-state index in [1.807, 2.05) is 20.8 Å². The van der Waals surface area contributed by atoms with Crippen LogP contribution < -0.4 is 5.73 Å². The maximum absolute atomic E-state index is 12.4. The fraction of sp³-hybridized carbons (Fsp3) is 0.636. The zero-order chi connectivity index (χ0) is 23.8. The van der Waals surface area contributed by atoms with Crippen molar-refractivity contribution in [1.82, 2.24) is 14.6 Å². The average molecular weight is 457 g/mol. The Bertz CT molecular complexity index is 1170. The summed E-state index contributed by atoms with van der Waals surface area (Å²) in [6, 6.07) is 5.74. The molecule has 11 heteroatoms. The first-order chi connectivity index (χ1) is 15.4. The molecule has 2 aromatic heterocycles. The maximum Gasteiger partial charge on any atom is 0.508 e. The molecule has 1 spiro atoms. The molecule has 1 unspecified atom stereocenters. The van der Waals surface area contributed by atoms with Gasteiger partial charge in [-0.05, 0) is 37.8 Å². The van der Waals surface area contributed by atoms with Crippen molar-refractivity contribution in [2.45, 2.75) is 76.3 Å². The lowest BCUT2D eigenvalue weighted by atomic mass is 9.93. The highest BCUT2D eigenvalue weighted by atomic mass is 16.8. The molecule has 5 rings (SSSR count). The number of nitrogen functional groups attached to an aromatic ring is 1. The molecule has 2 aliphatic heterocycles. The van der Waals surface area contributed by atoms with Gasteiger partial charge in [-0.1, -0.05) is 20.8 Å². The second kappa shape index (κ2) is 6.79. The van der Waals surface area contributed by atoms with Gasteiger partial charge >= 0.3 is 6.16 Å². The topological polar surface area (TPSA) is 143 Å². The van der Waals surface area contributed by atoms with E-state index in [-0.39, 0.29) is 12.0 Å². The number of hydrogen-bond acceptors (Lipinski definition) is 10. The van der Waals surface area contributed by atoms with E-state index < -0.39 is 41.5 Å². The average Bonchev–Trinajstić information content (AvgIpc) is 3.07. The molecule has 1 saturated carbocycles. The standard InChI is InChI=1S/C22H27N5O6/c1-19(2,3)8-9-29-18(28)30-17-21(10-23)22(17)15(32-20(4,5)33-22)14(31-21)12-6-7-13-16(24)25-11-26-27(12)13/h6-7,11,14-15,17H,8-9H2,1-5H3,(H2,24,25,26)/t14-,15-,17?,21+,22+/m0/s1. The smallest absolute Gasteiger partial charge is 0.434 e. The summed E-state index contributed by atoms with van der Waals surface area (Å²) in [6.07, 6.45) is -1.29. The highest BCUT2D eigenvalue weighted by molar-refractivity contribution is 5.66. The van der Waals surface area contributed by atoms with Gasteiger partial charge < -0.3 is 29.4 Å². The molecule has 2 saturated heterocycles. The van der Waals surface area contributed by atoms with Crippen molar-refractivity contribution in [1.29, 1.82) is 5.26 Å². The zero-order valence-corrected chi connectivity index (χ0v) is 19.2. The normalized spacial score (nSPS) is 33.9. The van der Waals surface area contributed by atoms with Gasteiger partial charge in [0.2, 0.25) is 5.60 Å². The van der Waals surface area contributed by atoms with Gasteiger partial charge in [0, 0.05) is 0 Å². The lowest BCUT2D eigenvalue weighted by Gasteiger charge is -2.24. The van der Waals surface area contributed by atoms with Crippen LogP contribution in [0, 0.1) is 16.7 Å². The lowest BCUT2D eigenvalue weighted by Crippen LogP contribution is -2.34. The number of rotatable bonds is 4. The highest BCUT2D eigenvalue weighted by Crippen LogP contribution is 2.71. The van der Waals surface area contributed by atoms with E-state index in [0.717, 1.165) is 0 Å². The van der Waals surface area contributed by atoms with Crippen LogP contribution in [0.1, 0.15) is 52.8 Å². The number of ether oxygens (including phenoxy) is 5. The van der Waals surface area contributed by atoms with Crippen LogP contribution in [0.4, 0.5) is 10.6 Å². The van der Waals surface area contributed by atoms with Crippen molar-refractivity contribution in [3.05, 3.63) is 24.2 Å². The summed E-state index contributed by atoms with van der Waals surface area (Å²) < 4.78 is 31.0. The molecule has 5 atom stereocenters. The first kappa shape index (κ1) is 21.9. The number of anilines is 1. The van der Waals surface area contributed by atoms with Gasteiger partial charge in [-0.25, -0.2) is 14.3 Å². The molecule has 4 heterocycles. The lowest BCUT2D eigenvalue weighted by molar-refractivity contribution is -0.182. The van der Waals surface area contributed by atoms with Gasteiger partial charge in [0.15, 0.2) is 23.3 Å². The summed E-state index contributed by atoms with van der Waals surface area (Å²) in [5.74, 6) is -0.711. The SMILES string of the molecule is CC(C)(C)CCOC(=O)OC1[C@@]2(C#N)O[C@@H](c3ccc4c(N)ncnn34)[C@@H]3OC(C)(C)O[C@@]132. The summed E-state index contributed by atoms with van der Waals surface area (Å²) >= 11 is 0. The predicted molar refractivity (Wildman–Crippen MR) is 113 cm³/mol. The summed E-state index contributed by atoms with van der Waals surface area (Å²) in [6.45, 7) is 9.83. The number of carbonyl (C=O) groups excluding carboxylic acids is 1. The van der Waals surface area contributed by atoms with Crippen molar-refractivity contribution in [2.75, 3.05) is 12.3 Å². The molecule has 2 N–H and O–H groups in total. The highest BCUT2D eigenvalue weighted by Gasteiger charge is 2.96. The summed E-state index contributed by atoms with van der Waals surface area (Å²) in [5, 5.41) is 14.4. The Morgan fingerprint density at radius 1 is 1.33 bits per heavy atom. The molecule has 0 aromatic carbocycles. The largest absolute Gasteiger partial charge is 0.508 e. The number of aromatic nitrogens is 3. The number of carbonyl (C=O) groups is 1. The first-order valence-electron chi connectivity index (χ1n) is 10.8. The third-order valence-corrected chi connectivity index (χ3v) is 6.35. The fourth-order valence-electron chi connectivity index (χ4n) is 4.80. The van der Waals surface area contributed by atoms with Crippen molar-refractivity contribution in [3.8, 4) is 6.07 Å². The summed E-state index contributed by atoms with van der Waals surface area (Å²) in [7, 11) is 0. The van der Waals surface area contributed by atoms with Crippen molar-refractivity contribution < 1.29 is 28.5 Å². The Morgan fingerprint density at radius 3 is 2.79 bits per heavy atom. The van der Waals surface area contributed by atoms with Crippen LogP contribution in [0.2, 0.25) is 0 Å². The van der Waals surface area contributed by atoms with Crippen LogP contribution >= 0.6 is 0 Å². The van der Waals surface area contributed by atoms with E-state index in [1.54, 1.807) is 30.5 Å². The van der Waals surface area contributed by atoms with Crippen LogP contribution in [0.3, 0.4) is 0 Å². The first-order valence-corrected chi connectivity index (χ1v) is 10.8. The van der Waals surface area contributed by atoms with E-state index in [2.05, 4.69) is 16.2 Å². The van der Waals surface area contributed by atoms with E-state index >= 15 is 0 Å². The second-order valence-corrected chi connectivity index (χ2v) is 10.3. The van der Waals surface area contributed by atoms with E-state index in [9.17, 15) is 10.1 Å². The van der Waals surface area contributed by atoms with Crippen LogP contribution in [0.5, 0.6) is 0 Å². The Hall–Kier alpha value is -2.94. The molecular weight excluding hydrogens is 430 g/mol. The predicted octanol–water partition coefficient (Wildman–Crippen LogP) is 2.51. The third-order valence-electron chi connectivity index (χ3n) is 6.35. The quantitative estimate of drug-likeness (QED) is 0.680. The second-order valence-electron chi connectivity index (χ2n) is 10.3. The molecule has 0 bridgehead atoms. The van der Waals surface area contributed by atoms with Crippen LogP contribution in [-0.4, -0.2) is 56.6 Å². The van der Waals surface area contributed by atoms with Crippen LogP contribution in [0.15, 0.2) is 18.5 Å². The molecule has 0 amide bonds. The Balaban J connectivity index is 1.43. The molecule has 176 valence electrons. The molecule has 1 aliphatic carbocycles. The molecule has 0 radical (unpaired) electrons. The van der Waals surface area contributed by atoms with Crippen molar-refractivity contribution in [2.24, 2.45) is 5.41 Å².